The topological polar surface area (TPSA) is 26.3 Å². The van der Waals surface area contributed by atoms with Crippen molar-refractivity contribution in [2.24, 2.45) is 0 Å². The Bertz CT molecular complexity index is 596. The molecule has 2 aromatic rings. The summed E-state index contributed by atoms with van der Waals surface area (Å²) in [5.74, 6) is 0.918. The van der Waals surface area contributed by atoms with Gasteiger partial charge in [-0.3, -0.25) is 4.79 Å². The van der Waals surface area contributed by atoms with Gasteiger partial charge in [0.05, 0.1) is 17.3 Å². The molecular weight excluding hydrogens is 336 g/mol. The third-order valence-electron chi connectivity index (χ3n) is 2.87. The van der Waals surface area contributed by atoms with Crippen LogP contribution < -0.4 is 4.74 Å². The maximum atomic E-state index is 12.4. The maximum Gasteiger partial charge on any atom is 0.175 e. The molecule has 0 amide bonds. The van der Waals surface area contributed by atoms with Gasteiger partial charge in [-0.25, -0.2) is 0 Å². The normalized spacial score (nSPS) is 11.9. The van der Waals surface area contributed by atoms with Crippen LogP contribution in [0.2, 0.25) is 0 Å². The van der Waals surface area contributed by atoms with E-state index in [1.54, 1.807) is 7.11 Å². The lowest BCUT2D eigenvalue weighted by Crippen LogP contribution is -2.13. The van der Waals surface area contributed by atoms with E-state index < -0.39 is 0 Å². The minimum Gasteiger partial charge on any atom is -0.496 e. The smallest absolute Gasteiger partial charge is 0.175 e. The van der Waals surface area contributed by atoms with Crippen LogP contribution >= 0.6 is 27.7 Å². The van der Waals surface area contributed by atoms with Crippen molar-refractivity contribution in [1.82, 2.24) is 0 Å². The predicted molar refractivity (Wildman–Crippen MR) is 86.8 cm³/mol. The Labute approximate surface area is 131 Å². The SMILES string of the molecule is COc1ccccc1SC(C)C(=O)c1ccc(Br)cc1. The fourth-order valence-electron chi connectivity index (χ4n) is 1.81. The van der Waals surface area contributed by atoms with Crippen molar-refractivity contribution in [3.63, 3.8) is 0 Å². The molecule has 2 rings (SSSR count). The number of rotatable bonds is 5. The van der Waals surface area contributed by atoms with Gasteiger partial charge >= 0.3 is 0 Å². The predicted octanol–water partition coefficient (Wildman–Crippen LogP) is 4.82. The second kappa shape index (κ2) is 6.95. The molecule has 0 N–H and O–H groups in total. The number of hydrogen-bond donors (Lipinski definition) is 0. The molecule has 20 heavy (non-hydrogen) atoms. The summed E-state index contributed by atoms with van der Waals surface area (Å²) in [6.45, 7) is 1.92. The van der Waals surface area contributed by atoms with Crippen molar-refractivity contribution < 1.29 is 9.53 Å². The maximum absolute atomic E-state index is 12.4. The second-order valence-corrected chi connectivity index (χ2v) is 6.58. The number of para-hydroxylation sites is 1. The van der Waals surface area contributed by atoms with E-state index in [4.69, 9.17) is 4.74 Å². The van der Waals surface area contributed by atoms with Crippen LogP contribution in [-0.4, -0.2) is 18.1 Å². The van der Waals surface area contributed by atoms with Crippen LogP contribution in [0, 0.1) is 0 Å². The van der Waals surface area contributed by atoms with Crippen molar-refractivity contribution in [2.45, 2.75) is 17.1 Å². The van der Waals surface area contributed by atoms with Gasteiger partial charge in [-0.05, 0) is 31.2 Å². The van der Waals surface area contributed by atoms with Crippen LogP contribution in [0.1, 0.15) is 17.3 Å². The molecule has 104 valence electrons. The molecule has 1 unspecified atom stereocenters. The zero-order chi connectivity index (χ0) is 14.5. The Hall–Kier alpha value is -1.26. The molecule has 0 aliphatic heterocycles. The molecule has 0 saturated heterocycles. The van der Waals surface area contributed by atoms with E-state index in [-0.39, 0.29) is 11.0 Å². The van der Waals surface area contributed by atoms with E-state index in [1.807, 2.05) is 55.5 Å². The van der Waals surface area contributed by atoms with Crippen LogP contribution in [0.3, 0.4) is 0 Å². The molecule has 0 aromatic heterocycles. The summed E-state index contributed by atoms with van der Waals surface area (Å²) >= 11 is 4.89. The first-order valence-corrected chi connectivity index (χ1v) is 7.88. The quantitative estimate of drug-likeness (QED) is 0.571. The minimum atomic E-state index is -0.160. The number of carbonyl (C=O) groups is 1. The van der Waals surface area contributed by atoms with Gasteiger partial charge in [0.1, 0.15) is 5.75 Å². The Morgan fingerprint density at radius 3 is 2.45 bits per heavy atom. The van der Waals surface area contributed by atoms with Crippen molar-refractivity contribution in [2.75, 3.05) is 7.11 Å². The number of thioether (sulfide) groups is 1. The summed E-state index contributed by atoms with van der Waals surface area (Å²) in [5.41, 5.74) is 0.725. The number of Topliss-reactive ketones (excluding diaryl/α,β-unsaturated/α-hetero) is 1. The van der Waals surface area contributed by atoms with E-state index in [0.717, 1.165) is 20.7 Å². The molecule has 0 heterocycles. The molecule has 0 fully saturated rings. The van der Waals surface area contributed by atoms with Crippen LogP contribution in [0.25, 0.3) is 0 Å². The summed E-state index contributed by atoms with van der Waals surface area (Å²) in [7, 11) is 1.64. The van der Waals surface area contributed by atoms with Gasteiger partial charge in [-0.15, -0.1) is 11.8 Å². The highest BCUT2D eigenvalue weighted by Crippen LogP contribution is 2.33. The van der Waals surface area contributed by atoms with Crippen LogP contribution in [0.5, 0.6) is 5.75 Å². The third kappa shape index (κ3) is 3.64. The van der Waals surface area contributed by atoms with E-state index in [9.17, 15) is 4.79 Å². The number of ether oxygens (including phenoxy) is 1. The lowest BCUT2D eigenvalue weighted by Gasteiger charge is -2.13. The molecule has 0 radical (unpaired) electrons. The first-order chi connectivity index (χ1) is 9.61. The van der Waals surface area contributed by atoms with E-state index in [1.165, 1.54) is 11.8 Å². The van der Waals surface area contributed by atoms with Crippen molar-refractivity contribution >= 4 is 33.5 Å². The van der Waals surface area contributed by atoms with Gasteiger partial charge in [0.15, 0.2) is 5.78 Å². The molecule has 2 aromatic carbocycles. The lowest BCUT2D eigenvalue weighted by molar-refractivity contribution is 0.0994. The first kappa shape index (κ1) is 15.1. The summed E-state index contributed by atoms with van der Waals surface area (Å²) in [6.07, 6.45) is 0. The number of methoxy groups -OCH3 is 1. The number of hydrogen-bond acceptors (Lipinski definition) is 3. The van der Waals surface area contributed by atoms with Gasteiger partial charge in [0.2, 0.25) is 0 Å². The standard InChI is InChI=1S/C16H15BrO2S/c1-11(16(18)12-7-9-13(17)10-8-12)20-15-6-4-3-5-14(15)19-2/h3-11H,1-2H3. The lowest BCUT2D eigenvalue weighted by atomic mass is 10.1. The molecular formula is C16H15BrO2S. The minimum absolute atomic E-state index is 0.119. The number of halogens is 1. The van der Waals surface area contributed by atoms with Gasteiger partial charge < -0.3 is 4.74 Å². The molecule has 0 aliphatic carbocycles. The summed E-state index contributed by atoms with van der Waals surface area (Å²) < 4.78 is 6.28. The van der Waals surface area contributed by atoms with E-state index in [2.05, 4.69) is 15.9 Å². The third-order valence-corrected chi connectivity index (χ3v) is 4.56. The Morgan fingerprint density at radius 1 is 1.15 bits per heavy atom. The molecule has 4 heteroatoms. The van der Waals surface area contributed by atoms with E-state index >= 15 is 0 Å². The molecule has 0 saturated carbocycles. The number of carbonyl (C=O) groups excluding carboxylic acids is 1. The highest BCUT2D eigenvalue weighted by Gasteiger charge is 2.18. The van der Waals surface area contributed by atoms with Crippen molar-refractivity contribution in [1.29, 1.82) is 0 Å². The Kier molecular flexibility index (Phi) is 5.26. The summed E-state index contributed by atoms with van der Waals surface area (Å²) in [6, 6.07) is 15.2. The van der Waals surface area contributed by atoms with Gasteiger partial charge in [0.25, 0.3) is 0 Å². The highest BCUT2D eigenvalue weighted by molar-refractivity contribution is 9.10. The van der Waals surface area contributed by atoms with Gasteiger partial charge in [-0.2, -0.15) is 0 Å². The molecule has 0 spiro atoms. The largest absolute Gasteiger partial charge is 0.496 e. The van der Waals surface area contributed by atoms with Gasteiger partial charge in [-0.1, -0.05) is 40.2 Å². The average molecular weight is 351 g/mol. The highest BCUT2D eigenvalue weighted by atomic mass is 79.9. The van der Waals surface area contributed by atoms with Crippen LogP contribution in [0.15, 0.2) is 57.9 Å². The molecule has 1 atom stereocenters. The second-order valence-electron chi connectivity index (χ2n) is 4.28. The zero-order valence-electron chi connectivity index (χ0n) is 11.3. The number of benzene rings is 2. The van der Waals surface area contributed by atoms with Crippen molar-refractivity contribution in [3.05, 3.63) is 58.6 Å². The molecule has 0 aliphatic rings. The number of ketones is 1. The first-order valence-electron chi connectivity index (χ1n) is 6.21. The average Bonchev–Trinajstić information content (AvgIpc) is 2.48. The zero-order valence-corrected chi connectivity index (χ0v) is 13.7. The van der Waals surface area contributed by atoms with Crippen LogP contribution in [0.4, 0.5) is 0 Å². The summed E-state index contributed by atoms with van der Waals surface area (Å²) in [5, 5.41) is -0.160. The molecule has 2 nitrogen and oxygen atoms in total. The van der Waals surface area contributed by atoms with Gasteiger partial charge in [0, 0.05) is 10.0 Å². The summed E-state index contributed by atoms with van der Waals surface area (Å²) in [4.78, 5) is 13.4. The van der Waals surface area contributed by atoms with Crippen molar-refractivity contribution in [3.8, 4) is 5.75 Å². The van der Waals surface area contributed by atoms with E-state index in [0.29, 0.717) is 0 Å². The monoisotopic (exact) mass is 350 g/mol. The molecule has 0 bridgehead atoms. The fourth-order valence-corrected chi connectivity index (χ4v) is 3.12. The van der Waals surface area contributed by atoms with Crippen LogP contribution in [-0.2, 0) is 0 Å². The Morgan fingerprint density at radius 2 is 1.80 bits per heavy atom. The fraction of sp³-hybridized carbons (Fsp3) is 0.188. The Balaban J connectivity index is 2.13.